The molecule has 2 fully saturated rings. The summed E-state index contributed by atoms with van der Waals surface area (Å²) >= 11 is 0. The maximum atomic E-state index is 13.0. The molecule has 3 aliphatic heterocycles. The Balaban J connectivity index is 1.13. The number of ether oxygens (including phenoxy) is 1. The lowest BCUT2D eigenvalue weighted by molar-refractivity contribution is 0.0766. The molecular formula is C26H33N5O2. The average Bonchev–Trinajstić information content (AvgIpc) is 3.33. The molecule has 0 unspecified atom stereocenters. The van der Waals surface area contributed by atoms with Gasteiger partial charge in [0.25, 0.3) is 5.91 Å². The van der Waals surface area contributed by atoms with Crippen LogP contribution in [0.25, 0.3) is 0 Å². The van der Waals surface area contributed by atoms with Gasteiger partial charge in [-0.25, -0.2) is 9.97 Å². The van der Waals surface area contributed by atoms with Crippen molar-refractivity contribution in [3.05, 3.63) is 52.3 Å². The second kappa shape index (κ2) is 8.69. The zero-order valence-electron chi connectivity index (χ0n) is 19.5. The molecule has 1 aromatic heterocycles. The number of hydrogen-bond acceptors (Lipinski definition) is 6. The van der Waals surface area contributed by atoms with Crippen molar-refractivity contribution in [1.29, 1.82) is 0 Å². The van der Waals surface area contributed by atoms with Crippen LogP contribution < -0.4 is 4.90 Å². The molecule has 2 aromatic rings. The molecular weight excluding hydrogens is 414 g/mol. The van der Waals surface area contributed by atoms with Gasteiger partial charge in [-0.3, -0.25) is 9.69 Å². The first-order chi connectivity index (χ1) is 16.2. The quantitative estimate of drug-likeness (QED) is 0.703. The Bertz CT molecular complexity index is 1050. The molecule has 4 heterocycles. The van der Waals surface area contributed by atoms with E-state index in [0.29, 0.717) is 24.6 Å². The summed E-state index contributed by atoms with van der Waals surface area (Å²) in [7, 11) is 1.75. The maximum absolute atomic E-state index is 13.0. The van der Waals surface area contributed by atoms with Gasteiger partial charge in [0.2, 0.25) is 5.95 Å². The second-order valence-corrected chi connectivity index (χ2v) is 10.0. The Morgan fingerprint density at radius 1 is 1.09 bits per heavy atom. The highest BCUT2D eigenvalue weighted by molar-refractivity contribution is 5.97. The number of rotatable bonds is 5. The first-order valence-electron chi connectivity index (χ1n) is 12.5. The minimum Gasteiger partial charge on any atom is -0.380 e. The number of benzene rings is 1. The molecule has 7 heteroatoms. The first-order valence-corrected chi connectivity index (χ1v) is 12.5. The fourth-order valence-corrected chi connectivity index (χ4v) is 5.74. The molecule has 0 N–H and O–H groups in total. The van der Waals surface area contributed by atoms with Gasteiger partial charge in [-0.2, -0.15) is 0 Å². The van der Waals surface area contributed by atoms with Crippen LogP contribution in [0.5, 0.6) is 0 Å². The zero-order valence-corrected chi connectivity index (χ0v) is 19.5. The summed E-state index contributed by atoms with van der Waals surface area (Å²) in [6, 6.07) is 7.65. The van der Waals surface area contributed by atoms with E-state index >= 15 is 0 Å². The number of amides is 1. The first kappa shape index (κ1) is 21.1. The van der Waals surface area contributed by atoms with Crippen molar-refractivity contribution >= 4 is 11.9 Å². The van der Waals surface area contributed by atoms with Crippen molar-refractivity contribution < 1.29 is 9.53 Å². The lowest BCUT2D eigenvalue weighted by Crippen LogP contribution is -2.41. The Labute approximate surface area is 195 Å². The number of hydrogen-bond donors (Lipinski definition) is 0. The van der Waals surface area contributed by atoms with E-state index in [4.69, 9.17) is 9.72 Å². The fourth-order valence-electron chi connectivity index (χ4n) is 5.74. The predicted molar refractivity (Wildman–Crippen MR) is 126 cm³/mol. The van der Waals surface area contributed by atoms with Crippen molar-refractivity contribution in [2.24, 2.45) is 0 Å². The number of carbonyl (C=O) groups is 1. The maximum Gasteiger partial charge on any atom is 0.258 e. The van der Waals surface area contributed by atoms with Crippen LogP contribution in [-0.4, -0.2) is 71.1 Å². The second-order valence-electron chi connectivity index (χ2n) is 10.0. The molecule has 0 spiro atoms. The third-order valence-electron chi connectivity index (χ3n) is 8.05. The number of methoxy groups -OCH3 is 1. The monoisotopic (exact) mass is 447 g/mol. The molecule has 1 saturated carbocycles. The van der Waals surface area contributed by atoms with Gasteiger partial charge >= 0.3 is 0 Å². The molecule has 1 saturated heterocycles. The van der Waals surface area contributed by atoms with Crippen LogP contribution in [0.3, 0.4) is 0 Å². The summed E-state index contributed by atoms with van der Waals surface area (Å²) < 4.78 is 5.47. The van der Waals surface area contributed by atoms with E-state index in [2.05, 4.69) is 33.0 Å². The largest absolute Gasteiger partial charge is 0.380 e. The number of anilines is 1. The number of nitrogens with zero attached hydrogens (tertiary/aromatic N) is 5. The topological polar surface area (TPSA) is 61.8 Å². The molecule has 1 atom stereocenters. The highest BCUT2D eigenvalue weighted by atomic mass is 16.5. The van der Waals surface area contributed by atoms with E-state index in [0.717, 1.165) is 50.6 Å². The molecule has 33 heavy (non-hydrogen) atoms. The van der Waals surface area contributed by atoms with Crippen molar-refractivity contribution in [1.82, 2.24) is 19.8 Å². The third-order valence-corrected chi connectivity index (χ3v) is 8.05. The smallest absolute Gasteiger partial charge is 0.258 e. The molecule has 1 aliphatic carbocycles. The van der Waals surface area contributed by atoms with Crippen LogP contribution in [0.4, 0.5) is 5.95 Å². The zero-order chi connectivity index (χ0) is 22.4. The molecule has 174 valence electrons. The normalized spacial score (nSPS) is 23.4. The Morgan fingerprint density at radius 3 is 2.70 bits per heavy atom. The van der Waals surface area contributed by atoms with Crippen LogP contribution >= 0.6 is 0 Å². The van der Waals surface area contributed by atoms with Gasteiger partial charge in [0, 0.05) is 52.1 Å². The molecule has 0 bridgehead atoms. The Hall–Kier alpha value is -2.51. The third kappa shape index (κ3) is 4.02. The van der Waals surface area contributed by atoms with Crippen LogP contribution in [0.2, 0.25) is 0 Å². The van der Waals surface area contributed by atoms with Gasteiger partial charge in [0.05, 0.1) is 23.9 Å². The lowest BCUT2D eigenvalue weighted by Gasteiger charge is -2.36. The van der Waals surface area contributed by atoms with Crippen molar-refractivity contribution in [2.75, 3.05) is 38.2 Å². The molecule has 0 radical (unpaired) electrons. The van der Waals surface area contributed by atoms with Crippen LogP contribution in [-0.2, 0) is 30.7 Å². The van der Waals surface area contributed by atoms with Crippen LogP contribution in [0, 0.1) is 0 Å². The fraction of sp³-hybridized carbons (Fsp3) is 0.577. The van der Waals surface area contributed by atoms with Gasteiger partial charge in [0.15, 0.2) is 0 Å². The van der Waals surface area contributed by atoms with Crippen LogP contribution in [0.15, 0.2) is 24.4 Å². The van der Waals surface area contributed by atoms with E-state index in [9.17, 15) is 4.79 Å². The average molecular weight is 448 g/mol. The van der Waals surface area contributed by atoms with E-state index < -0.39 is 0 Å². The molecule has 6 rings (SSSR count). The SMILES string of the molecule is CO[C@H]1CCN(c2ncc3c(n2)CN(Cc2ccc4c(c2)CCN(C2CCC2)CC4)C3=O)C1. The van der Waals surface area contributed by atoms with E-state index in [1.807, 2.05) is 4.90 Å². The number of fused-ring (bicyclic) bond motifs is 2. The number of carbonyl (C=O) groups excluding carboxylic acids is 1. The standard InChI is InChI=1S/C26H33N5O2/c1-33-22-9-12-30(16-22)26-27-14-23-24(28-26)17-31(25(23)32)15-18-5-6-19-7-10-29(21-3-2-4-21)11-8-20(19)13-18/h5-6,13-14,21-22H,2-4,7-12,15-17H2,1H3/t22-/m0/s1. The summed E-state index contributed by atoms with van der Waals surface area (Å²) in [6.07, 6.45) is 9.31. The van der Waals surface area contributed by atoms with Gasteiger partial charge < -0.3 is 14.5 Å². The summed E-state index contributed by atoms with van der Waals surface area (Å²) in [6.45, 7) is 5.22. The molecule has 1 aromatic carbocycles. The van der Waals surface area contributed by atoms with E-state index in [1.165, 1.54) is 42.5 Å². The van der Waals surface area contributed by atoms with Gasteiger partial charge in [-0.1, -0.05) is 24.6 Å². The summed E-state index contributed by atoms with van der Waals surface area (Å²) in [5.74, 6) is 0.753. The molecule has 7 nitrogen and oxygen atoms in total. The summed E-state index contributed by atoms with van der Waals surface area (Å²) in [4.78, 5) is 29.0. The van der Waals surface area contributed by atoms with Crippen molar-refractivity contribution in [2.45, 2.75) is 63.8 Å². The Morgan fingerprint density at radius 2 is 1.94 bits per heavy atom. The van der Waals surface area contributed by atoms with Gasteiger partial charge in [-0.05, 0) is 48.8 Å². The lowest BCUT2D eigenvalue weighted by atomic mass is 9.91. The summed E-state index contributed by atoms with van der Waals surface area (Å²) in [5.41, 5.74) is 5.64. The highest BCUT2D eigenvalue weighted by Crippen LogP contribution is 2.29. The predicted octanol–water partition coefficient (Wildman–Crippen LogP) is 2.81. The summed E-state index contributed by atoms with van der Waals surface area (Å²) in [5, 5.41) is 0. The van der Waals surface area contributed by atoms with Crippen molar-refractivity contribution in [3.63, 3.8) is 0 Å². The van der Waals surface area contributed by atoms with Crippen molar-refractivity contribution in [3.8, 4) is 0 Å². The van der Waals surface area contributed by atoms with Crippen LogP contribution in [0.1, 0.15) is 58.4 Å². The minimum absolute atomic E-state index is 0.0406. The highest BCUT2D eigenvalue weighted by Gasteiger charge is 2.32. The Kier molecular flexibility index (Phi) is 5.54. The molecule has 4 aliphatic rings. The van der Waals surface area contributed by atoms with Gasteiger partial charge in [-0.15, -0.1) is 0 Å². The number of aromatic nitrogens is 2. The molecule has 1 amide bonds. The van der Waals surface area contributed by atoms with E-state index in [1.54, 1.807) is 13.3 Å². The van der Waals surface area contributed by atoms with E-state index in [-0.39, 0.29) is 12.0 Å². The minimum atomic E-state index is 0.0406. The van der Waals surface area contributed by atoms with Gasteiger partial charge in [0.1, 0.15) is 0 Å².